The molecule has 5 rings (SSSR count). The van der Waals surface area contributed by atoms with Crippen LogP contribution in [0.2, 0.25) is 0 Å². The molecule has 0 aromatic heterocycles. The Morgan fingerprint density at radius 2 is 1.86 bits per heavy atom. The lowest BCUT2D eigenvalue weighted by Gasteiger charge is -2.58. The van der Waals surface area contributed by atoms with Gasteiger partial charge in [0.1, 0.15) is 11.5 Å². The number of aliphatic hydroxyl groups is 1. The van der Waals surface area contributed by atoms with Crippen LogP contribution in [0.1, 0.15) is 64.9 Å². The molecule has 0 aliphatic heterocycles. The van der Waals surface area contributed by atoms with Gasteiger partial charge in [0.2, 0.25) is 0 Å². The summed E-state index contributed by atoms with van der Waals surface area (Å²) in [6.45, 7) is 7.16. The van der Waals surface area contributed by atoms with E-state index in [1.807, 2.05) is 18.2 Å². The van der Waals surface area contributed by atoms with Crippen LogP contribution in [0.25, 0.3) is 0 Å². The van der Waals surface area contributed by atoms with E-state index in [0.29, 0.717) is 30.7 Å². The number of amides is 1. The molecule has 0 saturated heterocycles. The average Bonchev–Trinajstić information content (AvgIpc) is 3.09. The van der Waals surface area contributed by atoms with Gasteiger partial charge in [0.25, 0.3) is 5.91 Å². The summed E-state index contributed by atoms with van der Waals surface area (Å²) in [6.07, 6.45) is 13.7. The highest BCUT2D eigenvalue weighted by Gasteiger charge is 2.61. The zero-order valence-corrected chi connectivity index (χ0v) is 21.8. The van der Waals surface area contributed by atoms with Gasteiger partial charge >= 0.3 is 0 Å². The molecule has 4 aliphatic rings. The monoisotopic (exact) mass is 492 g/mol. The fraction of sp³-hybridized carbons (Fsp3) is 0.600. The fourth-order valence-electron chi connectivity index (χ4n) is 7.73. The number of phenolic OH excluding ortho intramolecular Hbond substituents is 1. The van der Waals surface area contributed by atoms with Crippen molar-refractivity contribution in [3.05, 3.63) is 53.6 Å². The predicted octanol–water partition coefficient (Wildman–Crippen LogP) is 4.91. The molecule has 0 bridgehead atoms. The van der Waals surface area contributed by atoms with E-state index in [-0.39, 0.29) is 29.1 Å². The Labute approximate surface area is 214 Å². The Hall–Kier alpha value is -2.60. The molecule has 4 aliphatic carbocycles. The van der Waals surface area contributed by atoms with Gasteiger partial charge in [-0.25, -0.2) is 0 Å². The first kappa shape index (κ1) is 25.1. The number of nitrogens with zero attached hydrogens (tertiary/aromatic N) is 1. The molecular formula is C30H40N2O4. The minimum atomic E-state index is -0.545. The predicted molar refractivity (Wildman–Crippen MR) is 140 cm³/mol. The number of hydrogen-bond donors (Lipinski definition) is 3. The zero-order valence-electron chi connectivity index (χ0n) is 21.8. The third kappa shape index (κ3) is 4.38. The number of hydrogen-bond acceptors (Lipinski definition) is 5. The van der Waals surface area contributed by atoms with Gasteiger partial charge in [-0.15, -0.1) is 0 Å². The van der Waals surface area contributed by atoms with Crippen molar-refractivity contribution >= 4 is 11.6 Å². The van der Waals surface area contributed by atoms with Crippen LogP contribution in [-0.4, -0.2) is 40.6 Å². The summed E-state index contributed by atoms with van der Waals surface area (Å²) in [4.78, 5) is 17.5. The van der Waals surface area contributed by atoms with Gasteiger partial charge in [0.15, 0.2) is 6.61 Å². The Kier molecular flexibility index (Phi) is 6.52. The Bertz CT molecular complexity index is 1090. The topological polar surface area (TPSA) is 91.2 Å². The van der Waals surface area contributed by atoms with Gasteiger partial charge in [-0.3, -0.25) is 4.79 Å². The molecule has 3 fully saturated rings. The molecular weight excluding hydrogens is 452 g/mol. The Morgan fingerprint density at radius 3 is 2.64 bits per heavy atom. The van der Waals surface area contributed by atoms with Gasteiger partial charge in [0.05, 0.1) is 5.60 Å². The molecule has 0 spiro atoms. The van der Waals surface area contributed by atoms with E-state index in [0.717, 1.165) is 43.4 Å². The number of benzene rings is 1. The van der Waals surface area contributed by atoms with Gasteiger partial charge in [0, 0.05) is 12.0 Å². The van der Waals surface area contributed by atoms with Crippen LogP contribution in [0, 0.1) is 28.6 Å². The summed E-state index contributed by atoms with van der Waals surface area (Å²) in [5, 5.41) is 27.5. The summed E-state index contributed by atoms with van der Waals surface area (Å²) in [5.74, 6) is 1.89. The van der Waals surface area contributed by atoms with E-state index >= 15 is 0 Å². The van der Waals surface area contributed by atoms with Crippen molar-refractivity contribution in [2.24, 2.45) is 33.7 Å². The second-order valence-corrected chi connectivity index (χ2v) is 12.0. The molecule has 194 valence electrons. The number of oxime groups is 1. The van der Waals surface area contributed by atoms with E-state index < -0.39 is 5.60 Å². The summed E-state index contributed by atoms with van der Waals surface area (Å²) in [5.41, 5.74) is 2.75. The second kappa shape index (κ2) is 9.37. The molecule has 36 heavy (non-hydrogen) atoms. The van der Waals surface area contributed by atoms with Crippen LogP contribution >= 0.6 is 0 Å². The highest BCUT2D eigenvalue weighted by molar-refractivity contribution is 6.05. The van der Waals surface area contributed by atoms with Crippen LogP contribution in [0.5, 0.6) is 5.75 Å². The van der Waals surface area contributed by atoms with Gasteiger partial charge in [-0.05, 0) is 105 Å². The third-order valence-corrected chi connectivity index (χ3v) is 10.2. The molecule has 6 nitrogen and oxygen atoms in total. The Morgan fingerprint density at radius 1 is 1.11 bits per heavy atom. The SMILES string of the molecule is C[C@]12C=CC(=NOCC(=O)NCCc3ccc(O)cc3)C=C1CC[C@H]1[C@H]3CC[C@](C)(O)[C@@]3(C)CC[C@@H]12. The van der Waals surface area contributed by atoms with Crippen LogP contribution in [0.4, 0.5) is 0 Å². The highest BCUT2D eigenvalue weighted by Crippen LogP contribution is 2.66. The summed E-state index contributed by atoms with van der Waals surface area (Å²) < 4.78 is 0. The fourth-order valence-corrected chi connectivity index (χ4v) is 7.73. The smallest absolute Gasteiger partial charge is 0.260 e. The van der Waals surface area contributed by atoms with Crippen molar-refractivity contribution in [1.82, 2.24) is 5.32 Å². The Balaban J connectivity index is 1.15. The van der Waals surface area contributed by atoms with Gasteiger partial charge in [-0.1, -0.05) is 42.8 Å². The van der Waals surface area contributed by atoms with Crippen LogP contribution in [0.3, 0.4) is 0 Å². The minimum absolute atomic E-state index is 0.0311. The number of fused-ring (bicyclic) bond motifs is 5. The molecule has 1 aromatic rings. The molecule has 0 unspecified atom stereocenters. The molecule has 3 N–H and O–H groups in total. The number of phenols is 1. The number of aromatic hydroxyl groups is 1. The van der Waals surface area contributed by atoms with E-state index in [2.05, 4.69) is 43.4 Å². The molecule has 0 radical (unpaired) electrons. The summed E-state index contributed by atoms with van der Waals surface area (Å²) >= 11 is 0. The molecule has 1 amide bonds. The van der Waals surface area contributed by atoms with Crippen LogP contribution in [0.15, 0.2) is 53.2 Å². The lowest BCUT2D eigenvalue weighted by molar-refractivity contribution is -0.125. The first-order chi connectivity index (χ1) is 17.1. The third-order valence-electron chi connectivity index (χ3n) is 10.2. The molecule has 6 heteroatoms. The quantitative estimate of drug-likeness (QED) is 0.492. The largest absolute Gasteiger partial charge is 0.508 e. The number of rotatable bonds is 6. The van der Waals surface area contributed by atoms with Crippen molar-refractivity contribution in [2.45, 2.75) is 71.3 Å². The van der Waals surface area contributed by atoms with E-state index in [9.17, 15) is 15.0 Å². The maximum Gasteiger partial charge on any atom is 0.260 e. The first-order valence-electron chi connectivity index (χ1n) is 13.5. The average molecular weight is 493 g/mol. The van der Waals surface area contributed by atoms with Gasteiger partial charge in [-0.2, -0.15) is 0 Å². The standard InChI is InChI=1S/C30H40N2O4/c1-28-14-10-22(32-36-19-27(34)31-17-13-20-4-7-23(33)8-5-20)18-21(28)6-9-24-25(28)11-15-29(2)26(24)12-16-30(29,3)35/h4-5,7-8,10,14,18,24-26,33,35H,6,9,11-13,15-17,19H2,1-3H3,(H,31,34)/t24-,25+,26-,28+,29+,30+/m1/s1. The number of allylic oxidation sites excluding steroid dienone is 4. The first-order valence-corrected chi connectivity index (χ1v) is 13.5. The normalized spacial score (nSPS) is 38.1. The van der Waals surface area contributed by atoms with Crippen molar-refractivity contribution in [1.29, 1.82) is 0 Å². The van der Waals surface area contributed by atoms with Crippen molar-refractivity contribution in [2.75, 3.05) is 13.2 Å². The number of carbonyl (C=O) groups is 1. The van der Waals surface area contributed by atoms with Gasteiger partial charge < -0.3 is 20.4 Å². The molecule has 1 aromatic carbocycles. The van der Waals surface area contributed by atoms with E-state index in [1.165, 1.54) is 12.0 Å². The number of nitrogens with one attached hydrogen (secondary N) is 1. The van der Waals surface area contributed by atoms with Crippen molar-refractivity contribution in [3.8, 4) is 5.75 Å². The summed E-state index contributed by atoms with van der Waals surface area (Å²) in [7, 11) is 0. The molecule has 3 saturated carbocycles. The molecule has 0 heterocycles. The maximum absolute atomic E-state index is 12.1. The molecule has 6 atom stereocenters. The second-order valence-electron chi connectivity index (χ2n) is 12.0. The minimum Gasteiger partial charge on any atom is -0.508 e. The van der Waals surface area contributed by atoms with Crippen molar-refractivity contribution in [3.63, 3.8) is 0 Å². The van der Waals surface area contributed by atoms with E-state index in [1.54, 1.807) is 12.1 Å². The number of carbonyl (C=O) groups excluding carboxylic acids is 1. The van der Waals surface area contributed by atoms with Crippen molar-refractivity contribution < 1.29 is 19.8 Å². The van der Waals surface area contributed by atoms with Crippen LogP contribution in [-0.2, 0) is 16.1 Å². The summed E-state index contributed by atoms with van der Waals surface area (Å²) in [6, 6.07) is 6.98. The van der Waals surface area contributed by atoms with E-state index in [4.69, 9.17) is 4.84 Å². The maximum atomic E-state index is 12.1. The van der Waals surface area contributed by atoms with Crippen LogP contribution < -0.4 is 5.32 Å². The zero-order chi connectivity index (χ0) is 25.6. The lowest BCUT2D eigenvalue weighted by Crippen LogP contribution is -2.53. The highest BCUT2D eigenvalue weighted by atomic mass is 16.6. The lowest BCUT2D eigenvalue weighted by atomic mass is 9.47.